The van der Waals surface area contributed by atoms with Gasteiger partial charge in [-0.25, -0.2) is 9.18 Å². The SMILES string of the molecule is C/C(=C\C=C\C(=O)O)c1cc(F)c(C)cc1Cl. The summed E-state index contributed by atoms with van der Waals surface area (Å²) < 4.78 is 13.4. The first-order valence-corrected chi connectivity index (χ1v) is 5.33. The lowest BCUT2D eigenvalue weighted by Crippen LogP contribution is -1.89. The Labute approximate surface area is 104 Å². The summed E-state index contributed by atoms with van der Waals surface area (Å²) in [4.78, 5) is 10.3. The van der Waals surface area contributed by atoms with Crippen molar-refractivity contribution in [2.45, 2.75) is 13.8 Å². The van der Waals surface area contributed by atoms with E-state index in [1.807, 2.05) is 0 Å². The first-order valence-electron chi connectivity index (χ1n) is 4.95. The third-order valence-corrected chi connectivity index (χ3v) is 2.57. The molecule has 0 saturated heterocycles. The van der Waals surface area contributed by atoms with Crippen LogP contribution in [0.25, 0.3) is 5.57 Å². The molecule has 0 aliphatic heterocycles. The Kier molecular flexibility index (Phi) is 4.46. The van der Waals surface area contributed by atoms with Gasteiger partial charge in [0.05, 0.1) is 0 Å². The largest absolute Gasteiger partial charge is 0.478 e. The average Bonchev–Trinajstić information content (AvgIpc) is 2.22. The average molecular weight is 255 g/mol. The lowest BCUT2D eigenvalue weighted by Gasteiger charge is -2.06. The minimum atomic E-state index is -1.03. The van der Waals surface area contributed by atoms with Gasteiger partial charge in [0.15, 0.2) is 0 Å². The summed E-state index contributed by atoms with van der Waals surface area (Å²) >= 11 is 5.99. The van der Waals surface area contributed by atoms with Crippen molar-refractivity contribution in [3.05, 3.63) is 52.3 Å². The molecule has 1 N–H and O–H groups in total. The maximum Gasteiger partial charge on any atom is 0.328 e. The normalized spacial score (nSPS) is 12.1. The maximum absolute atomic E-state index is 13.4. The van der Waals surface area contributed by atoms with Crippen molar-refractivity contribution in [1.82, 2.24) is 0 Å². The number of aryl methyl sites for hydroxylation is 1. The molecule has 0 spiro atoms. The van der Waals surface area contributed by atoms with E-state index in [9.17, 15) is 9.18 Å². The van der Waals surface area contributed by atoms with Crippen LogP contribution in [0, 0.1) is 12.7 Å². The molecular formula is C13H12ClFO2. The number of aliphatic carboxylic acids is 1. The number of hydrogen-bond donors (Lipinski definition) is 1. The van der Waals surface area contributed by atoms with Gasteiger partial charge >= 0.3 is 5.97 Å². The summed E-state index contributed by atoms with van der Waals surface area (Å²) in [6, 6.07) is 2.89. The second-order valence-electron chi connectivity index (χ2n) is 3.63. The zero-order valence-corrected chi connectivity index (χ0v) is 10.3. The van der Waals surface area contributed by atoms with Gasteiger partial charge in [-0.1, -0.05) is 23.8 Å². The summed E-state index contributed by atoms with van der Waals surface area (Å²) in [6.45, 7) is 3.37. The third-order valence-electron chi connectivity index (χ3n) is 2.26. The van der Waals surface area contributed by atoms with Crippen LogP contribution in [0.2, 0.25) is 5.02 Å². The molecule has 90 valence electrons. The minimum absolute atomic E-state index is 0.334. The van der Waals surface area contributed by atoms with Crippen molar-refractivity contribution in [2.24, 2.45) is 0 Å². The fourth-order valence-corrected chi connectivity index (χ4v) is 1.68. The maximum atomic E-state index is 13.4. The zero-order chi connectivity index (χ0) is 13.0. The van der Waals surface area contributed by atoms with Gasteiger partial charge in [0.2, 0.25) is 0 Å². The number of benzene rings is 1. The smallest absolute Gasteiger partial charge is 0.328 e. The van der Waals surface area contributed by atoms with Crippen molar-refractivity contribution < 1.29 is 14.3 Å². The predicted molar refractivity (Wildman–Crippen MR) is 66.6 cm³/mol. The van der Waals surface area contributed by atoms with Gasteiger partial charge in [-0.05, 0) is 42.7 Å². The summed E-state index contributed by atoms with van der Waals surface area (Å²) in [5.74, 6) is -1.37. The summed E-state index contributed by atoms with van der Waals surface area (Å²) in [6.07, 6.45) is 3.96. The van der Waals surface area contributed by atoms with Crippen LogP contribution in [0.3, 0.4) is 0 Å². The van der Waals surface area contributed by atoms with Crippen LogP contribution < -0.4 is 0 Å². The van der Waals surface area contributed by atoms with Crippen molar-refractivity contribution in [3.63, 3.8) is 0 Å². The van der Waals surface area contributed by atoms with Crippen LogP contribution in [0.15, 0.2) is 30.4 Å². The number of carbonyl (C=O) groups is 1. The molecule has 0 fully saturated rings. The summed E-state index contributed by atoms with van der Waals surface area (Å²) in [5, 5.41) is 8.88. The van der Waals surface area contributed by atoms with E-state index < -0.39 is 5.97 Å². The number of carboxylic acid groups (broad SMARTS) is 1. The molecule has 0 saturated carbocycles. The van der Waals surface area contributed by atoms with Gasteiger partial charge in [0.25, 0.3) is 0 Å². The molecule has 0 atom stereocenters. The van der Waals surface area contributed by atoms with E-state index in [1.54, 1.807) is 26.0 Å². The summed E-state index contributed by atoms with van der Waals surface area (Å²) in [5.41, 5.74) is 1.74. The number of rotatable bonds is 3. The molecule has 0 heterocycles. The Morgan fingerprint density at radius 3 is 2.71 bits per heavy atom. The van der Waals surface area contributed by atoms with Gasteiger partial charge in [-0.2, -0.15) is 0 Å². The van der Waals surface area contributed by atoms with E-state index >= 15 is 0 Å². The Morgan fingerprint density at radius 2 is 2.12 bits per heavy atom. The highest BCUT2D eigenvalue weighted by molar-refractivity contribution is 6.32. The number of allylic oxidation sites excluding steroid dienone is 3. The van der Waals surface area contributed by atoms with Gasteiger partial charge < -0.3 is 5.11 Å². The Hall–Kier alpha value is -1.61. The quantitative estimate of drug-likeness (QED) is 0.657. The second kappa shape index (κ2) is 5.64. The van der Waals surface area contributed by atoms with Crippen LogP contribution in [0.1, 0.15) is 18.1 Å². The zero-order valence-electron chi connectivity index (χ0n) is 9.50. The molecule has 1 aromatic rings. The monoisotopic (exact) mass is 254 g/mol. The van der Waals surface area contributed by atoms with E-state index in [1.165, 1.54) is 12.1 Å². The van der Waals surface area contributed by atoms with Gasteiger partial charge in [0.1, 0.15) is 5.82 Å². The van der Waals surface area contributed by atoms with Gasteiger partial charge in [0, 0.05) is 11.1 Å². The molecule has 1 aromatic carbocycles. The first-order chi connectivity index (χ1) is 7.91. The molecule has 0 aliphatic carbocycles. The van der Waals surface area contributed by atoms with Crippen molar-refractivity contribution in [3.8, 4) is 0 Å². The van der Waals surface area contributed by atoms with E-state index in [-0.39, 0.29) is 5.82 Å². The molecule has 2 nitrogen and oxygen atoms in total. The van der Waals surface area contributed by atoms with Crippen LogP contribution in [0.5, 0.6) is 0 Å². The molecule has 0 aromatic heterocycles. The minimum Gasteiger partial charge on any atom is -0.478 e. The molecule has 17 heavy (non-hydrogen) atoms. The fraction of sp³-hybridized carbons (Fsp3) is 0.154. The second-order valence-corrected chi connectivity index (χ2v) is 4.04. The van der Waals surface area contributed by atoms with Crippen molar-refractivity contribution in [2.75, 3.05) is 0 Å². The topological polar surface area (TPSA) is 37.3 Å². The highest BCUT2D eigenvalue weighted by Crippen LogP contribution is 2.26. The summed E-state index contributed by atoms with van der Waals surface area (Å²) in [7, 11) is 0. The molecule has 0 amide bonds. The molecular weight excluding hydrogens is 243 g/mol. The number of halogens is 2. The first kappa shape index (κ1) is 13.5. The van der Waals surface area contributed by atoms with Gasteiger partial charge in [-0.3, -0.25) is 0 Å². The van der Waals surface area contributed by atoms with E-state index in [0.717, 1.165) is 6.08 Å². The van der Waals surface area contributed by atoms with Crippen molar-refractivity contribution >= 4 is 23.1 Å². The van der Waals surface area contributed by atoms with Crippen LogP contribution >= 0.6 is 11.6 Å². The Morgan fingerprint density at radius 1 is 1.47 bits per heavy atom. The highest BCUT2D eigenvalue weighted by atomic mass is 35.5. The molecule has 0 aliphatic rings. The van der Waals surface area contributed by atoms with Crippen molar-refractivity contribution in [1.29, 1.82) is 0 Å². The van der Waals surface area contributed by atoms with E-state index in [2.05, 4.69) is 0 Å². The van der Waals surface area contributed by atoms with E-state index in [4.69, 9.17) is 16.7 Å². The number of carboxylic acids is 1. The number of hydrogen-bond acceptors (Lipinski definition) is 1. The standard InChI is InChI=1S/C13H12ClFO2/c1-8(4-3-5-13(16)17)10-7-12(15)9(2)6-11(10)14/h3-7H,1-2H3,(H,16,17)/b5-3+,8-4+. The van der Waals surface area contributed by atoms with Gasteiger partial charge in [-0.15, -0.1) is 0 Å². The van der Waals surface area contributed by atoms with Crippen LogP contribution in [-0.2, 0) is 4.79 Å². The third kappa shape index (κ3) is 3.71. The lowest BCUT2D eigenvalue weighted by atomic mass is 10.0. The highest BCUT2D eigenvalue weighted by Gasteiger charge is 2.06. The Balaban J connectivity index is 3.08. The van der Waals surface area contributed by atoms with E-state index in [0.29, 0.717) is 21.7 Å². The lowest BCUT2D eigenvalue weighted by molar-refractivity contribution is -0.131. The fourth-order valence-electron chi connectivity index (χ4n) is 1.31. The molecule has 0 radical (unpaired) electrons. The predicted octanol–water partition coefficient (Wildman–Crippen LogP) is 3.83. The van der Waals surface area contributed by atoms with Crippen LogP contribution in [0.4, 0.5) is 4.39 Å². The molecule has 1 rings (SSSR count). The molecule has 0 bridgehead atoms. The molecule has 4 heteroatoms. The Bertz CT molecular complexity index is 504. The molecule has 0 unspecified atom stereocenters. The van der Waals surface area contributed by atoms with Crippen LogP contribution in [-0.4, -0.2) is 11.1 Å².